The van der Waals surface area contributed by atoms with E-state index in [9.17, 15) is 9.59 Å². The van der Waals surface area contributed by atoms with Crippen LogP contribution in [0.25, 0.3) is 0 Å². The monoisotopic (exact) mass is 625 g/mol. The van der Waals surface area contributed by atoms with Crippen molar-refractivity contribution in [2.45, 2.75) is 24.8 Å². The van der Waals surface area contributed by atoms with Gasteiger partial charge >= 0.3 is 0 Å². The Balaban J connectivity index is 1.36. The Hall–Kier alpha value is -4.06. The number of hydrogen-bond donors (Lipinski definition) is 3. The van der Waals surface area contributed by atoms with E-state index in [1.54, 1.807) is 19.2 Å². The summed E-state index contributed by atoms with van der Waals surface area (Å²) >= 11 is 13.0. The predicted octanol–water partition coefficient (Wildman–Crippen LogP) is 4.82. The molecule has 0 bridgehead atoms. The highest BCUT2D eigenvalue weighted by molar-refractivity contribution is 6.38. The van der Waals surface area contributed by atoms with Gasteiger partial charge in [0.05, 0.1) is 42.1 Å². The van der Waals surface area contributed by atoms with Crippen molar-refractivity contribution < 1.29 is 19.1 Å². The maximum atomic E-state index is 13.3. The van der Waals surface area contributed by atoms with Gasteiger partial charge < -0.3 is 30.3 Å². The number of aromatic nitrogens is 2. The van der Waals surface area contributed by atoms with Gasteiger partial charge in [-0.1, -0.05) is 29.8 Å². The number of hydrogen-bond acceptors (Lipinski definition) is 9. The number of benzene rings is 2. The summed E-state index contributed by atoms with van der Waals surface area (Å²) in [6, 6.07) is 9.05. The fourth-order valence-electron chi connectivity index (χ4n) is 5.01. The number of nitrogens with one attached hydrogen (secondary N) is 3. The molecule has 43 heavy (non-hydrogen) atoms. The summed E-state index contributed by atoms with van der Waals surface area (Å²) in [5.41, 5.74) is 2.79. The Morgan fingerprint density at radius 2 is 1.84 bits per heavy atom. The number of methoxy groups -OCH3 is 2. The molecule has 0 atom stereocenters. The molecule has 2 fully saturated rings. The fraction of sp³-hybridized carbons (Fsp3) is 0.333. The molecule has 2 heterocycles. The van der Waals surface area contributed by atoms with Gasteiger partial charge in [0.1, 0.15) is 29.5 Å². The normalized spacial score (nSPS) is 15.0. The molecule has 0 radical (unpaired) electrons. The molecule has 2 aromatic carbocycles. The third kappa shape index (κ3) is 6.64. The molecule has 2 amide bonds. The van der Waals surface area contributed by atoms with Crippen LogP contribution in [0.3, 0.4) is 0 Å². The van der Waals surface area contributed by atoms with Crippen molar-refractivity contribution in [2.75, 3.05) is 61.3 Å². The van der Waals surface area contributed by atoms with Gasteiger partial charge in [0.15, 0.2) is 0 Å². The fourth-order valence-corrected chi connectivity index (χ4v) is 5.65. The minimum atomic E-state index is -0.334. The van der Waals surface area contributed by atoms with Crippen molar-refractivity contribution in [2.24, 2.45) is 0 Å². The molecule has 2 aliphatic rings. The summed E-state index contributed by atoms with van der Waals surface area (Å²) in [4.78, 5) is 37.9. The van der Waals surface area contributed by atoms with Gasteiger partial charge in [0.2, 0.25) is 11.8 Å². The summed E-state index contributed by atoms with van der Waals surface area (Å²) in [6.07, 6.45) is 4.79. The zero-order valence-electron chi connectivity index (χ0n) is 24.2. The number of likely N-dealkylation sites (N-methyl/N-ethyl adjacent to an activating group) is 1. The standard InChI is InChI=1S/C30H33Cl2N7O4/c1-5-26(40)37-21-12-18(39-11-10-35-30(16-39)8-9-30)6-7-20(21)36-24-15-25(34-17-33-24)38(2)27(41)13-19-28(31)22(42-3)14-23(43-4)29(19)32/h5-7,12,14-15,17,35H,1,8-11,13,16H2,2-4H3,(H,37,40)(H,33,34,36). The summed E-state index contributed by atoms with van der Waals surface area (Å²) in [5, 5.41) is 10.2. The minimum absolute atomic E-state index is 0.124. The summed E-state index contributed by atoms with van der Waals surface area (Å²) in [5.74, 6) is 0.793. The molecule has 5 rings (SSSR count). The van der Waals surface area contributed by atoms with Gasteiger partial charge in [0, 0.05) is 55.6 Å². The largest absolute Gasteiger partial charge is 0.495 e. The zero-order chi connectivity index (χ0) is 30.7. The van der Waals surface area contributed by atoms with E-state index in [2.05, 4.69) is 37.4 Å². The number of halogens is 2. The van der Waals surface area contributed by atoms with Gasteiger partial charge in [-0.25, -0.2) is 9.97 Å². The van der Waals surface area contributed by atoms with Crippen LogP contribution in [0.1, 0.15) is 18.4 Å². The number of rotatable bonds is 10. The van der Waals surface area contributed by atoms with Crippen LogP contribution in [0.5, 0.6) is 11.5 Å². The SMILES string of the molecule is C=CC(=O)Nc1cc(N2CCNC3(CC3)C2)ccc1Nc1cc(N(C)C(=O)Cc2c(Cl)c(OC)cc(OC)c2Cl)ncn1. The van der Waals surface area contributed by atoms with Gasteiger partial charge in [-0.05, 0) is 37.1 Å². The Morgan fingerprint density at radius 3 is 2.49 bits per heavy atom. The second-order valence-electron chi connectivity index (χ2n) is 10.5. The van der Waals surface area contributed by atoms with E-state index in [4.69, 9.17) is 32.7 Å². The van der Waals surface area contributed by atoms with Crippen LogP contribution in [0.15, 0.2) is 49.3 Å². The summed E-state index contributed by atoms with van der Waals surface area (Å²) < 4.78 is 10.6. The molecule has 13 heteroatoms. The van der Waals surface area contributed by atoms with Crippen LogP contribution in [0, 0.1) is 0 Å². The van der Waals surface area contributed by atoms with Gasteiger partial charge in [-0.3, -0.25) is 14.5 Å². The Kier molecular flexibility index (Phi) is 8.95. The molecule has 3 N–H and O–H groups in total. The van der Waals surface area contributed by atoms with Gasteiger partial charge in [0.25, 0.3) is 0 Å². The second kappa shape index (κ2) is 12.7. The van der Waals surface area contributed by atoms with E-state index in [-0.39, 0.29) is 33.8 Å². The molecule has 1 spiro atoms. The number of ether oxygens (including phenoxy) is 2. The van der Waals surface area contributed by atoms with E-state index in [0.29, 0.717) is 40.1 Å². The van der Waals surface area contributed by atoms with Gasteiger partial charge in [-0.2, -0.15) is 0 Å². The predicted molar refractivity (Wildman–Crippen MR) is 169 cm³/mol. The van der Waals surface area contributed by atoms with Gasteiger partial charge in [-0.15, -0.1) is 0 Å². The average molecular weight is 627 g/mol. The molecule has 1 aromatic heterocycles. The molecule has 11 nitrogen and oxygen atoms in total. The zero-order valence-corrected chi connectivity index (χ0v) is 25.7. The topological polar surface area (TPSA) is 121 Å². The van der Waals surface area contributed by atoms with Crippen molar-refractivity contribution in [1.29, 1.82) is 0 Å². The first kappa shape index (κ1) is 30.4. The van der Waals surface area contributed by atoms with Crippen LogP contribution in [0.4, 0.5) is 28.7 Å². The number of carbonyl (C=O) groups excluding carboxylic acids is 2. The number of nitrogens with zero attached hydrogens (tertiary/aromatic N) is 4. The second-order valence-corrected chi connectivity index (χ2v) is 11.2. The quantitative estimate of drug-likeness (QED) is 0.272. The summed E-state index contributed by atoms with van der Waals surface area (Å²) in [7, 11) is 4.54. The van der Waals surface area contributed by atoms with Crippen molar-refractivity contribution in [3.05, 3.63) is 64.9 Å². The summed E-state index contributed by atoms with van der Waals surface area (Å²) in [6.45, 7) is 6.28. The van der Waals surface area contributed by atoms with Crippen LogP contribution in [0.2, 0.25) is 10.0 Å². The third-order valence-corrected chi connectivity index (χ3v) is 8.49. The van der Waals surface area contributed by atoms with Crippen LogP contribution >= 0.6 is 23.2 Å². The van der Waals surface area contributed by atoms with E-state index in [1.165, 1.54) is 44.4 Å². The van der Waals surface area contributed by atoms with Crippen LogP contribution in [-0.2, 0) is 16.0 Å². The lowest BCUT2D eigenvalue weighted by Crippen LogP contribution is -2.52. The smallest absolute Gasteiger partial charge is 0.247 e. The molecule has 1 saturated carbocycles. The molecule has 226 valence electrons. The first-order valence-corrected chi connectivity index (χ1v) is 14.4. The first-order chi connectivity index (χ1) is 20.7. The lowest BCUT2D eigenvalue weighted by molar-refractivity contribution is -0.117. The van der Waals surface area contributed by atoms with Crippen LogP contribution < -0.4 is 35.2 Å². The number of piperazine rings is 1. The minimum Gasteiger partial charge on any atom is -0.495 e. The molecular formula is C30H33Cl2N7O4. The lowest BCUT2D eigenvalue weighted by atomic mass is 10.1. The number of amides is 2. The van der Waals surface area contributed by atoms with Crippen molar-refractivity contribution in [3.63, 3.8) is 0 Å². The highest BCUT2D eigenvalue weighted by Gasteiger charge is 2.45. The maximum absolute atomic E-state index is 13.3. The Labute approximate surface area is 260 Å². The third-order valence-electron chi connectivity index (χ3n) is 7.67. The molecule has 3 aromatic rings. The Bertz CT molecular complexity index is 1540. The van der Waals surface area contributed by atoms with Crippen molar-refractivity contribution >= 4 is 63.7 Å². The molecule has 1 aliphatic carbocycles. The van der Waals surface area contributed by atoms with Crippen molar-refractivity contribution in [1.82, 2.24) is 15.3 Å². The Morgan fingerprint density at radius 1 is 1.12 bits per heavy atom. The molecule has 0 unspecified atom stereocenters. The maximum Gasteiger partial charge on any atom is 0.247 e. The highest BCUT2D eigenvalue weighted by atomic mass is 35.5. The number of anilines is 5. The van der Waals surface area contributed by atoms with E-state index in [0.717, 1.165) is 25.3 Å². The van der Waals surface area contributed by atoms with E-state index in [1.807, 2.05) is 18.2 Å². The molecule has 1 saturated heterocycles. The highest BCUT2D eigenvalue weighted by Crippen LogP contribution is 2.41. The number of carbonyl (C=O) groups is 2. The lowest BCUT2D eigenvalue weighted by Gasteiger charge is -2.36. The van der Waals surface area contributed by atoms with Crippen molar-refractivity contribution in [3.8, 4) is 11.5 Å². The van der Waals surface area contributed by atoms with E-state index >= 15 is 0 Å². The first-order valence-electron chi connectivity index (χ1n) is 13.7. The van der Waals surface area contributed by atoms with Crippen LogP contribution in [-0.4, -0.2) is 68.2 Å². The molecular weight excluding hydrogens is 593 g/mol. The molecule has 1 aliphatic heterocycles. The average Bonchev–Trinajstić information content (AvgIpc) is 3.77. The van der Waals surface area contributed by atoms with E-state index < -0.39 is 0 Å².